The van der Waals surface area contributed by atoms with Crippen LogP contribution in [-0.4, -0.2) is 25.6 Å². The normalized spacial score (nSPS) is 23.5. The van der Waals surface area contributed by atoms with Crippen LogP contribution in [0.1, 0.15) is 32.3 Å². The molecule has 1 aliphatic heterocycles. The van der Waals surface area contributed by atoms with Crippen molar-refractivity contribution < 1.29 is 14.3 Å². The molecule has 2 atom stereocenters. The topological polar surface area (TPSA) is 35.5 Å². The third-order valence-electron chi connectivity index (χ3n) is 3.97. The standard InChI is InChI=1S/C17H24O3/c1-17(2,16-10-15(11-18)8-9-20-16)13-19-12-14-6-4-3-5-7-14/h3-7,11,15-16H,8-10,12-13H2,1-2H3. The molecule has 1 aliphatic rings. The Morgan fingerprint density at radius 1 is 1.35 bits per heavy atom. The minimum absolute atomic E-state index is 0.0730. The summed E-state index contributed by atoms with van der Waals surface area (Å²) < 4.78 is 11.7. The van der Waals surface area contributed by atoms with Gasteiger partial charge < -0.3 is 14.3 Å². The zero-order valence-electron chi connectivity index (χ0n) is 12.4. The van der Waals surface area contributed by atoms with Crippen molar-refractivity contribution in [2.45, 2.75) is 39.4 Å². The summed E-state index contributed by atoms with van der Waals surface area (Å²) in [7, 11) is 0. The van der Waals surface area contributed by atoms with Crippen molar-refractivity contribution in [3.05, 3.63) is 35.9 Å². The summed E-state index contributed by atoms with van der Waals surface area (Å²) in [5.74, 6) is 0.141. The summed E-state index contributed by atoms with van der Waals surface area (Å²) in [6.07, 6.45) is 2.82. The van der Waals surface area contributed by atoms with Crippen molar-refractivity contribution in [3.63, 3.8) is 0 Å². The lowest BCUT2D eigenvalue weighted by atomic mass is 9.80. The average molecular weight is 276 g/mol. The number of aldehydes is 1. The molecule has 0 bridgehead atoms. The highest BCUT2D eigenvalue weighted by Gasteiger charge is 2.35. The minimum atomic E-state index is -0.0730. The molecule has 1 saturated heterocycles. The Morgan fingerprint density at radius 3 is 2.80 bits per heavy atom. The second-order valence-electron chi connectivity index (χ2n) is 6.25. The lowest BCUT2D eigenvalue weighted by molar-refractivity contribution is -0.125. The number of hydrogen-bond donors (Lipinski definition) is 0. The largest absolute Gasteiger partial charge is 0.378 e. The second kappa shape index (κ2) is 7.00. The summed E-state index contributed by atoms with van der Waals surface area (Å²) in [6, 6.07) is 10.2. The summed E-state index contributed by atoms with van der Waals surface area (Å²) in [6.45, 7) is 6.23. The van der Waals surface area contributed by atoms with Crippen molar-refractivity contribution in [1.82, 2.24) is 0 Å². The minimum Gasteiger partial charge on any atom is -0.378 e. The van der Waals surface area contributed by atoms with Crippen LogP contribution < -0.4 is 0 Å². The molecule has 0 amide bonds. The first-order chi connectivity index (χ1) is 9.62. The van der Waals surface area contributed by atoms with E-state index in [0.29, 0.717) is 19.8 Å². The fourth-order valence-electron chi connectivity index (χ4n) is 2.59. The Hall–Kier alpha value is -1.19. The van der Waals surface area contributed by atoms with Gasteiger partial charge in [-0.3, -0.25) is 0 Å². The lowest BCUT2D eigenvalue weighted by Gasteiger charge is -2.38. The van der Waals surface area contributed by atoms with E-state index < -0.39 is 0 Å². The van der Waals surface area contributed by atoms with Crippen LogP contribution in [0.25, 0.3) is 0 Å². The van der Waals surface area contributed by atoms with Gasteiger partial charge in [0.1, 0.15) is 6.29 Å². The van der Waals surface area contributed by atoms with E-state index in [1.54, 1.807) is 0 Å². The van der Waals surface area contributed by atoms with Gasteiger partial charge in [0.2, 0.25) is 0 Å². The number of ether oxygens (including phenoxy) is 2. The second-order valence-corrected chi connectivity index (χ2v) is 6.25. The predicted octanol–water partition coefficient (Wildman–Crippen LogP) is 3.22. The van der Waals surface area contributed by atoms with Crippen molar-refractivity contribution in [3.8, 4) is 0 Å². The Balaban J connectivity index is 1.82. The van der Waals surface area contributed by atoms with E-state index in [9.17, 15) is 4.79 Å². The van der Waals surface area contributed by atoms with E-state index in [4.69, 9.17) is 9.47 Å². The maximum Gasteiger partial charge on any atom is 0.123 e. The van der Waals surface area contributed by atoms with Crippen molar-refractivity contribution >= 4 is 6.29 Å². The molecule has 1 aromatic rings. The van der Waals surface area contributed by atoms with Crippen LogP contribution >= 0.6 is 0 Å². The van der Waals surface area contributed by atoms with Gasteiger partial charge in [-0.1, -0.05) is 44.2 Å². The van der Waals surface area contributed by atoms with Crippen LogP contribution in [0.2, 0.25) is 0 Å². The summed E-state index contributed by atoms with van der Waals surface area (Å²) in [4.78, 5) is 10.9. The first-order valence-electron chi connectivity index (χ1n) is 7.30. The van der Waals surface area contributed by atoms with E-state index in [1.165, 1.54) is 5.56 Å². The molecular formula is C17H24O3. The SMILES string of the molecule is CC(C)(COCc1ccccc1)C1CC(C=O)CCO1. The number of carbonyl (C=O) groups is 1. The van der Waals surface area contributed by atoms with Crippen LogP contribution in [0.15, 0.2) is 30.3 Å². The number of carbonyl (C=O) groups excluding carboxylic acids is 1. The van der Waals surface area contributed by atoms with E-state index in [-0.39, 0.29) is 17.4 Å². The van der Waals surface area contributed by atoms with Gasteiger partial charge >= 0.3 is 0 Å². The van der Waals surface area contributed by atoms with Crippen molar-refractivity contribution in [1.29, 1.82) is 0 Å². The number of hydrogen-bond acceptors (Lipinski definition) is 3. The highest BCUT2D eigenvalue weighted by atomic mass is 16.5. The molecule has 0 aliphatic carbocycles. The predicted molar refractivity (Wildman–Crippen MR) is 78.4 cm³/mol. The highest BCUT2D eigenvalue weighted by molar-refractivity contribution is 5.53. The van der Waals surface area contributed by atoms with Gasteiger partial charge in [-0.2, -0.15) is 0 Å². The van der Waals surface area contributed by atoms with Crippen molar-refractivity contribution in [2.24, 2.45) is 11.3 Å². The monoisotopic (exact) mass is 276 g/mol. The van der Waals surface area contributed by atoms with E-state index in [2.05, 4.69) is 26.0 Å². The van der Waals surface area contributed by atoms with Gasteiger partial charge in [-0.25, -0.2) is 0 Å². The molecule has 20 heavy (non-hydrogen) atoms. The molecule has 1 aromatic carbocycles. The van der Waals surface area contributed by atoms with Crippen molar-refractivity contribution in [2.75, 3.05) is 13.2 Å². The maximum atomic E-state index is 10.9. The molecule has 0 radical (unpaired) electrons. The zero-order valence-corrected chi connectivity index (χ0v) is 12.4. The quantitative estimate of drug-likeness (QED) is 0.748. The molecule has 110 valence electrons. The Bertz CT molecular complexity index is 414. The zero-order chi connectivity index (χ0) is 14.4. The molecule has 0 aromatic heterocycles. The van der Waals surface area contributed by atoms with Crippen LogP contribution in [0.4, 0.5) is 0 Å². The molecule has 1 fully saturated rings. The fourth-order valence-corrected chi connectivity index (χ4v) is 2.59. The molecule has 3 nitrogen and oxygen atoms in total. The molecule has 2 rings (SSSR count). The molecule has 1 heterocycles. The third-order valence-corrected chi connectivity index (χ3v) is 3.97. The molecule has 0 spiro atoms. The van der Waals surface area contributed by atoms with E-state index in [1.807, 2.05) is 18.2 Å². The highest BCUT2D eigenvalue weighted by Crippen LogP contribution is 2.32. The summed E-state index contributed by atoms with van der Waals surface area (Å²) in [5.41, 5.74) is 1.11. The Kier molecular flexibility index (Phi) is 5.32. The van der Waals surface area contributed by atoms with Gasteiger partial charge in [0, 0.05) is 17.9 Å². The van der Waals surface area contributed by atoms with Crippen LogP contribution in [0.5, 0.6) is 0 Å². The van der Waals surface area contributed by atoms with Gasteiger partial charge in [0.05, 0.1) is 19.3 Å². The smallest absolute Gasteiger partial charge is 0.123 e. The molecular weight excluding hydrogens is 252 g/mol. The average Bonchev–Trinajstić information content (AvgIpc) is 2.48. The number of rotatable bonds is 6. The number of benzene rings is 1. The fraction of sp³-hybridized carbons (Fsp3) is 0.588. The third kappa shape index (κ3) is 4.15. The van der Waals surface area contributed by atoms with Gasteiger partial charge in [0.15, 0.2) is 0 Å². The Morgan fingerprint density at radius 2 is 2.10 bits per heavy atom. The van der Waals surface area contributed by atoms with Crippen LogP contribution in [0.3, 0.4) is 0 Å². The molecule has 3 heteroatoms. The molecule has 2 unspecified atom stereocenters. The first kappa shape index (κ1) is 15.2. The van der Waals surface area contributed by atoms with Gasteiger partial charge in [0.25, 0.3) is 0 Å². The molecule has 0 N–H and O–H groups in total. The van der Waals surface area contributed by atoms with E-state index >= 15 is 0 Å². The lowest BCUT2D eigenvalue weighted by Crippen LogP contribution is -2.41. The van der Waals surface area contributed by atoms with Crippen LogP contribution in [-0.2, 0) is 20.9 Å². The Labute approximate surface area is 121 Å². The summed E-state index contributed by atoms with van der Waals surface area (Å²) in [5, 5.41) is 0. The van der Waals surface area contributed by atoms with Crippen LogP contribution in [0, 0.1) is 11.3 Å². The first-order valence-corrected chi connectivity index (χ1v) is 7.30. The molecule has 0 saturated carbocycles. The van der Waals surface area contributed by atoms with E-state index in [0.717, 1.165) is 19.1 Å². The summed E-state index contributed by atoms with van der Waals surface area (Å²) >= 11 is 0. The maximum absolute atomic E-state index is 10.9. The van der Waals surface area contributed by atoms with Gasteiger partial charge in [-0.15, -0.1) is 0 Å². The van der Waals surface area contributed by atoms with Gasteiger partial charge in [-0.05, 0) is 18.4 Å².